The summed E-state index contributed by atoms with van der Waals surface area (Å²) in [6, 6.07) is 15.1. The van der Waals surface area contributed by atoms with Crippen LogP contribution in [-0.2, 0) is 9.53 Å². The lowest BCUT2D eigenvalue weighted by molar-refractivity contribution is -0.111. The van der Waals surface area contributed by atoms with Gasteiger partial charge in [-0.1, -0.05) is 23.2 Å². The van der Waals surface area contributed by atoms with Gasteiger partial charge in [0, 0.05) is 27.4 Å². The van der Waals surface area contributed by atoms with Crippen LogP contribution in [0.4, 0.5) is 5.69 Å². The predicted molar refractivity (Wildman–Crippen MR) is 119 cm³/mol. The number of nitrogens with one attached hydrogen (secondary N) is 1. The van der Waals surface area contributed by atoms with Crippen molar-refractivity contribution in [1.82, 2.24) is 0 Å². The summed E-state index contributed by atoms with van der Waals surface area (Å²) in [7, 11) is 0. The first kappa shape index (κ1) is 21.7. The van der Waals surface area contributed by atoms with Crippen molar-refractivity contribution in [3.8, 4) is 11.3 Å². The summed E-state index contributed by atoms with van der Waals surface area (Å²) in [6.07, 6.45) is 2.72. The van der Waals surface area contributed by atoms with E-state index in [0.717, 1.165) is 5.56 Å². The molecule has 1 aromatic heterocycles. The normalized spacial score (nSPS) is 11.1. The summed E-state index contributed by atoms with van der Waals surface area (Å²) in [6.45, 7) is 3.57. The smallest absolute Gasteiger partial charge is 0.338 e. The highest BCUT2D eigenvalue weighted by atomic mass is 35.5. The van der Waals surface area contributed by atoms with E-state index in [1.807, 2.05) is 0 Å². The fourth-order valence-corrected chi connectivity index (χ4v) is 3.13. The van der Waals surface area contributed by atoms with Crippen molar-refractivity contribution in [2.45, 2.75) is 20.0 Å². The molecule has 30 heavy (non-hydrogen) atoms. The number of benzene rings is 2. The lowest BCUT2D eigenvalue weighted by atomic mass is 10.2. The van der Waals surface area contributed by atoms with Gasteiger partial charge < -0.3 is 14.5 Å². The van der Waals surface area contributed by atoms with Crippen LogP contribution < -0.4 is 5.32 Å². The Balaban J connectivity index is 1.61. The highest BCUT2D eigenvalue weighted by molar-refractivity contribution is 6.35. The molecule has 0 fully saturated rings. The number of halogens is 2. The van der Waals surface area contributed by atoms with Gasteiger partial charge in [0.2, 0.25) is 5.91 Å². The molecule has 5 nitrogen and oxygen atoms in total. The van der Waals surface area contributed by atoms with E-state index in [0.29, 0.717) is 32.8 Å². The second-order valence-electron chi connectivity index (χ2n) is 6.71. The topological polar surface area (TPSA) is 68.5 Å². The van der Waals surface area contributed by atoms with Crippen molar-refractivity contribution < 1.29 is 18.7 Å². The molecule has 0 spiro atoms. The molecule has 2 aromatic carbocycles. The molecule has 1 heterocycles. The average Bonchev–Trinajstić information content (AvgIpc) is 3.15. The summed E-state index contributed by atoms with van der Waals surface area (Å²) in [5.74, 6) is 0.347. The van der Waals surface area contributed by atoms with Crippen LogP contribution in [0.2, 0.25) is 10.0 Å². The molecule has 154 valence electrons. The Morgan fingerprint density at radius 3 is 2.30 bits per heavy atom. The minimum absolute atomic E-state index is 0.194. The second-order valence-corrected chi connectivity index (χ2v) is 7.59. The number of ether oxygens (including phenoxy) is 1. The van der Waals surface area contributed by atoms with E-state index in [-0.39, 0.29) is 12.0 Å². The lowest BCUT2D eigenvalue weighted by Crippen LogP contribution is -2.12. The van der Waals surface area contributed by atoms with E-state index in [9.17, 15) is 9.59 Å². The van der Waals surface area contributed by atoms with Crippen LogP contribution >= 0.6 is 23.2 Å². The molecule has 0 aliphatic carbocycles. The maximum absolute atomic E-state index is 12.2. The van der Waals surface area contributed by atoms with Crippen molar-refractivity contribution in [2.24, 2.45) is 0 Å². The van der Waals surface area contributed by atoms with Gasteiger partial charge in [-0.25, -0.2) is 4.79 Å². The SMILES string of the molecule is CC(C)OC(=O)c1ccc(NC(=O)/C=C/c2ccc(-c3cc(Cl)cc(Cl)c3)o2)cc1. The summed E-state index contributed by atoms with van der Waals surface area (Å²) >= 11 is 12.0. The first-order chi connectivity index (χ1) is 14.3. The van der Waals surface area contributed by atoms with Gasteiger partial charge in [-0.2, -0.15) is 0 Å². The Labute approximate surface area is 184 Å². The lowest BCUT2D eigenvalue weighted by Gasteiger charge is -2.08. The van der Waals surface area contributed by atoms with Crippen molar-refractivity contribution in [1.29, 1.82) is 0 Å². The average molecular weight is 444 g/mol. The Kier molecular flexibility index (Phi) is 6.98. The van der Waals surface area contributed by atoms with E-state index >= 15 is 0 Å². The van der Waals surface area contributed by atoms with Gasteiger partial charge in [0.15, 0.2) is 0 Å². The molecule has 0 bridgehead atoms. The number of carbonyl (C=O) groups is 2. The van der Waals surface area contributed by atoms with Gasteiger partial charge in [0.1, 0.15) is 11.5 Å². The number of anilines is 1. The molecule has 0 saturated heterocycles. The quantitative estimate of drug-likeness (QED) is 0.350. The zero-order valence-corrected chi connectivity index (χ0v) is 17.8. The van der Waals surface area contributed by atoms with Gasteiger partial charge in [0.25, 0.3) is 0 Å². The molecule has 0 aliphatic heterocycles. The molecule has 7 heteroatoms. The third-order valence-corrected chi connectivity index (χ3v) is 4.34. The van der Waals surface area contributed by atoms with Crippen LogP contribution in [-0.4, -0.2) is 18.0 Å². The number of amides is 1. The Bertz CT molecular complexity index is 1060. The zero-order valence-electron chi connectivity index (χ0n) is 16.3. The van der Waals surface area contributed by atoms with E-state index < -0.39 is 5.97 Å². The second kappa shape index (κ2) is 9.65. The highest BCUT2D eigenvalue weighted by Crippen LogP contribution is 2.28. The van der Waals surface area contributed by atoms with Crippen molar-refractivity contribution >= 4 is 46.8 Å². The molecule has 0 radical (unpaired) electrons. The summed E-state index contributed by atoms with van der Waals surface area (Å²) in [5.41, 5.74) is 1.72. The van der Waals surface area contributed by atoms with Crippen LogP contribution in [0.5, 0.6) is 0 Å². The minimum atomic E-state index is -0.405. The zero-order chi connectivity index (χ0) is 21.7. The largest absolute Gasteiger partial charge is 0.459 e. The minimum Gasteiger partial charge on any atom is -0.459 e. The van der Waals surface area contributed by atoms with E-state index in [1.54, 1.807) is 74.5 Å². The van der Waals surface area contributed by atoms with Gasteiger partial charge in [-0.15, -0.1) is 0 Å². The molecular formula is C23H19Cl2NO4. The van der Waals surface area contributed by atoms with Crippen molar-refractivity contribution in [3.05, 3.63) is 82.0 Å². The maximum atomic E-state index is 12.2. The summed E-state index contributed by atoms with van der Waals surface area (Å²) in [4.78, 5) is 24.0. The first-order valence-corrected chi connectivity index (χ1v) is 9.92. The number of carbonyl (C=O) groups excluding carboxylic acids is 2. The molecule has 0 atom stereocenters. The number of esters is 1. The monoisotopic (exact) mass is 443 g/mol. The van der Waals surface area contributed by atoms with Crippen LogP contribution in [0.15, 0.2) is 65.1 Å². The van der Waals surface area contributed by atoms with Gasteiger partial charge in [-0.3, -0.25) is 4.79 Å². The van der Waals surface area contributed by atoms with Gasteiger partial charge in [-0.05, 0) is 74.5 Å². The number of hydrogen-bond donors (Lipinski definition) is 1. The Hall–Kier alpha value is -3.02. The summed E-state index contributed by atoms with van der Waals surface area (Å²) < 4.78 is 10.8. The maximum Gasteiger partial charge on any atom is 0.338 e. The van der Waals surface area contributed by atoms with Crippen LogP contribution in [0.3, 0.4) is 0 Å². The predicted octanol–water partition coefficient (Wildman–Crippen LogP) is 6.47. The molecule has 0 saturated carbocycles. The standard InChI is InChI=1S/C23H19Cl2NO4/c1-14(2)29-23(28)15-3-5-19(6-4-15)26-22(27)10-8-20-7-9-21(30-20)16-11-17(24)13-18(25)12-16/h3-14H,1-2H3,(H,26,27)/b10-8+. The van der Waals surface area contributed by atoms with Crippen molar-refractivity contribution in [2.75, 3.05) is 5.32 Å². The van der Waals surface area contributed by atoms with Gasteiger partial charge in [0.05, 0.1) is 11.7 Å². The number of hydrogen-bond acceptors (Lipinski definition) is 4. The molecule has 1 amide bonds. The van der Waals surface area contributed by atoms with Crippen molar-refractivity contribution in [3.63, 3.8) is 0 Å². The van der Waals surface area contributed by atoms with E-state index in [1.165, 1.54) is 6.08 Å². The number of rotatable bonds is 6. The third-order valence-electron chi connectivity index (χ3n) is 3.90. The fraction of sp³-hybridized carbons (Fsp3) is 0.130. The van der Waals surface area contributed by atoms with E-state index in [2.05, 4.69) is 5.32 Å². The highest BCUT2D eigenvalue weighted by Gasteiger charge is 2.09. The van der Waals surface area contributed by atoms with Gasteiger partial charge >= 0.3 is 5.97 Å². The van der Waals surface area contributed by atoms with E-state index in [4.69, 9.17) is 32.4 Å². The molecular weight excluding hydrogens is 425 g/mol. The van der Waals surface area contributed by atoms with Crippen LogP contribution in [0.1, 0.15) is 30.0 Å². The molecule has 1 N–H and O–H groups in total. The molecule has 0 aliphatic rings. The molecule has 0 unspecified atom stereocenters. The Morgan fingerprint density at radius 2 is 1.67 bits per heavy atom. The number of furan rings is 1. The Morgan fingerprint density at radius 1 is 1.00 bits per heavy atom. The summed E-state index contributed by atoms with van der Waals surface area (Å²) in [5, 5.41) is 3.73. The first-order valence-electron chi connectivity index (χ1n) is 9.16. The molecule has 3 rings (SSSR count). The van der Waals surface area contributed by atoms with Crippen LogP contribution in [0.25, 0.3) is 17.4 Å². The molecule has 3 aromatic rings. The third kappa shape index (κ3) is 5.99. The van der Waals surface area contributed by atoms with Crippen LogP contribution in [0, 0.1) is 0 Å². The fourth-order valence-electron chi connectivity index (χ4n) is 2.61.